The zero-order valence-corrected chi connectivity index (χ0v) is 11.1. The molecule has 2 N–H and O–H groups in total. The van der Waals surface area contributed by atoms with Crippen molar-refractivity contribution >= 4 is 0 Å². The molecule has 0 bridgehead atoms. The molecule has 2 rings (SSSR count). The van der Waals surface area contributed by atoms with Crippen LogP contribution in [0.25, 0.3) is 0 Å². The Morgan fingerprint density at radius 1 is 1.35 bits per heavy atom. The van der Waals surface area contributed by atoms with E-state index in [0.717, 1.165) is 24.5 Å². The number of methoxy groups -OCH3 is 1. The van der Waals surface area contributed by atoms with E-state index >= 15 is 0 Å². The van der Waals surface area contributed by atoms with E-state index in [-0.39, 0.29) is 0 Å². The largest absolute Gasteiger partial charge is 0.496 e. The number of aryl methyl sites for hydroxylation is 2. The molecule has 1 aliphatic rings. The van der Waals surface area contributed by atoms with Gasteiger partial charge in [-0.05, 0) is 68.2 Å². The van der Waals surface area contributed by atoms with E-state index in [4.69, 9.17) is 10.5 Å². The van der Waals surface area contributed by atoms with Gasteiger partial charge in [0.2, 0.25) is 0 Å². The van der Waals surface area contributed by atoms with Crippen LogP contribution in [-0.2, 0) is 6.42 Å². The molecule has 1 fully saturated rings. The average Bonchev–Trinajstić information content (AvgIpc) is 3.10. The molecule has 94 valence electrons. The fourth-order valence-electron chi connectivity index (χ4n) is 2.53. The molecule has 1 aliphatic carbocycles. The van der Waals surface area contributed by atoms with Crippen LogP contribution in [0.2, 0.25) is 0 Å². The Morgan fingerprint density at radius 2 is 2.06 bits per heavy atom. The van der Waals surface area contributed by atoms with Crippen molar-refractivity contribution in [1.82, 2.24) is 0 Å². The average molecular weight is 233 g/mol. The molecule has 0 spiro atoms. The monoisotopic (exact) mass is 233 g/mol. The third-order valence-electron chi connectivity index (χ3n) is 3.75. The highest BCUT2D eigenvalue weighted by Gasteiger charge is 2.28. The molecule has 1 saturated carbocycles. The lowest BCUT2D eigenvalue weighted by molar-refractivity contribution is 0.406. The smallest absolute Gasteiger partial charge is 0.122 e. The second kappa shape index (κ2) is 5.09. The summed E-state index contributed by atoms with van der Waals surface area (Å²) in [6.07, 6.45) is 4.76. The Bertz CT molecular complexity index is 396. The van der Waals surface area contributed by atoms with Crippen LogP contribution in [0.4, 0.5) is 0 Å². The van der Waals surface area contributed by atoms with Gasteiger partial charge in [-0.25, -0.2) is 0 Å². The fourth-order valence-corrected chi connectivity index (χ4v) is 2.53. The summed E-state index contributed by atoms with van der Waals surface area (Å²) in [5.41, 5.74) is 10.1. The van der Waals surface area contributed by atoms with Gasteiger partial charge in [0.05, 0.1) is 7.11 Å². The zero-order valence-electron chi connectivity index (χ0n) is 11.1. The highest BCUT2D eigenvalue weighted by Crippen LogP contribution is 2.34. The second-order valence-corrected chi connectivity index (χ2v) is 5.30. The van der Waals surface area contributed by atoms with Gasteiger partial charge in [0.15, 0.2) is 0 Å². The first-order valence-corrected chi connectivity index (χ1v) is 6.51. The Balaban J connectivity index is 2.07. The number of hydrogen-bond donors (Lipinski definition) is 1. The van der Waals surface area contributed by atoms with E-state index in [2.05, 4.69) is 26.0 Å². The van der Waals surface area contributed by atoms with Crippen LogP contribution < -0.4 is 10.5 Å². The molecule has 0 aromatic heterocycles. The second-order valence-electron chi connectivity index (χ2n) is 5.30. The summed E-state index contributed by atoms with van der Waals surface area (Å²) in [6.45, 7) is 4.27. The molecule has 1 aromatic rings. The first-order valence-electron chi connectivity index (χ1n) is 6.51. The molecule has 17 heavy (non-hydrogen) atoms. The van der Waals surface area contributed by atoms with Gasteiger partial charge in [-0.2, -0.15) is 0 Å². The molecule has 2 heteroatoms. The first-order chi connectivity index (χ1) is 8.11. The van der Waals surface area contributed by atoms with Gasteiger partial charge in [-0.1, -0.05) is 6.07 Å². The van der Waals surface area contributed by atoms with E-state index < -0.39 is 0 Å². The van der Waals surface area contributed by atoms with Gasteiger partial charge in [0.25, 0.3) is 0 Å². The predicted molar refractivity (Wildman–Crippen MR) is 71.5 cm³/mol. The summed E-state index contributed by atoms with van der Waals surface area (Å²) >= 11 is 0. The van der Waals surface area contributed by atoms with Crippen LogP contribution in [0.1, 0.15) is 36.0 Å². The van der Waals surface area contributed by atoms with Crippen LogP contribution >= 0.6 is 0 Å². The Kier molecular flexibility index (Phi) is 3.72. The van der Waals surface area contributed by atoms with E-state index in [9.17, 15) is 0 Å². The number of hydrogen-bond acceptors (Lipinski definition) is 2. The van der Waals surface area contributed by atoms with Gasteiger partial charge in [0, 0.05) is 6.04 Å². The summed E-state index contributed by atoms with van der Waals surface area (Å²) in [5.74, 6) is 1.80. The summed E-state index contributed by atoms with van der Waals surface area (Å²) < 4.78 is 5.47. The topological polar surface area (TPSA) is 35.2 Å². The van der Waals surface area contributed by atoms with Crippen LogP contribution in [-0.4, -0.2) is 13.2 Å². The lowest BCUT2D eigenvalue weighted by Gasteiger charge is -2.15. The van der Waals surface area contributed by atoms with Crippen LogP contribution in [0, 0.1) is 19.8 Å². The Hall–Kier alpha value is -1.02. The molecule has 1 atom stereocenters. The predicted octanol–water partition coefficient (Wildman–Crippen LogP) is 2.98. The van der Waals surface area contributed by atoms with Crippen LogP contribution in [0.15, 0.2) is 12.1 Å². The van der Waals surface area contributed by atoms with Crippen LogP contribution in [0.5, 0.6) is 5.75 Å². The molecule has 0 saturated heterocycles. The van der Waals surface area contributed by atoms with Crippen molar-refractivity contribution in [3.05, 3.63) is 28.8 Å². The maximum Gasteiger partial charge on any atom is 0.122 e. The molecule has 0 aliphatic heterocycles. The number of nitrogens with two attached hydrogens (primary N) is 1. The van der Waals surface area contributed by atoms with E-state index in [1.54, 1.807) is 7.11 Å². The van der Waals surface area contributed by atoms with E-state index in [0.29, 0.717) is 6.04 Å². The Labute approximate surface area is 104 Å². The minimum absolute atomic E-state index is 0.375. The Morgan fingerprint density at radius 3 is 2.65 bits per heavy atom. The maximum absolute atomic E-state index is 6.16. The fraction of sp³-hybridized carbons (Fsp3) is 0.600. The highest BCUT2D eigenvalue weighted by atomic mass is 16.5. The summed E-state index contributed by atoms with van der Waals surface area (Å²) in [5, 5.41) is 0. The minimum Gasteiger partial charge on any atom is -0.496 e. The molecule has 1 aromatic carbocycles. The zero-order chi connectivity index (χ0) is 12.4. The quantitative estimate of drug-likeness (QED) is 0.848. The van der Waals surface area contributed by atoms with Crippen LogP contribution in [0.3, 0.4) is 0 Å². The maximum atomic E-state index is 6.16. The van der Waals surface area contributed by atoms with E-state index in [1.807, 2.05) is 0 Å². The molecular formula is C15H23NO. The van der Waals surface area contributed by atoms with Gasteiger partial charge in [-0.3, -0.25) is 0 Å². The minimum atomic E-state index is 0.375. The summed E-state index contributed by atoms with van der Waals surface area (Å²) in [7, 11) is 1.75. The molecular weight excluding hydrogens is 210 g/mol. The van der Waals surface area contributed by atoms with Crippen molar-refractivity contribution in [1.29, 1.82) is 0 Å². The molecule has 0 heterocycles. The number of rotatable bonds is 5. The molecule has 2 nitrogen and oxygen atoms in total. The molecule has 0 amide bonds. The lowest BCUT2D eigenvalue weighted by atomic mass is 9.97. The van der Waals surface area contributed by atoms with Gasteiger partial charge in [0.1, 0.15) is 5.75 Å². The van der Waals surface area contributed by atoms with Crippen molar-refractivity contribution in [3.63, 3.8) is 0 Å². The lowest BCUT2D eigenvalue weighted by Crippen LogP contribution is -2.23. The van der Waals surface area contributed by atoms with Crippen molar-refractivity contribution in [2.75, 3.05) is 7.11 Å². The first kappa shape index (κ1) is 12.4. The summed E-state index contributed by atoms with van der Waals surface area (Å²) in [4.78, 5) is 0. The van der Waals surface area contributed by atoms with Crippen molar-refractivity contribution in [2.45, 2.75) is 45.6 Å². The third kappa shape index (κ3) is 3.01. The van der Waals surface area contributed by atoms with Crippen molar-refractivity contribution in [2.24, 2.45) is 11.7 Å². The van der Waals surface area contributed by atoms with Gasteiger partial charge < -0.3 is 10.5 Å². The van der Waals surface area contributed by atoms with Gasteiger partial charge in [-0.15, -0.1) is 0 Å². The molecule has 0 radical (unpaired) electrons. The van der Waals surface area contributed by atoms with Crippen molar-refractivity contribution < 1.29 is 4.74 Å². The third-order valence-corrected chi connectivity index (χ3v) is 3.75. The van der Waals surface area contributed by atoms with Gasteiger partial charge >= 0.3 is 0 Å². The van der Waals surface area contributed by atoms with Crippen molar-refractivity contribution in [3.8, 4) is 5.75 Å². The number of ether oxygens (including phenoxy) is 1. The van der Waals surface area contributed by atoms with E-state index in [1.165, 1.54) is 29.5 Å². The summed E-state index contributed by atoms with van der Waals surface area (Å²) in [6, 6.07) is 4.71. The normalized spacial score (nSPS) is 16.9. The highest BCUT2D eigenvalue weighted by molar-refractivity contribution is 5.43. The SMILES string of the molecule is COc1cc(C)cc(C)c1CCC(N)C1CC1. The molecule has 1 unspecified atom stereocenters. The number of benzene rings is 1. The standard InChI is InChI=1S/C15H23NO/c1-10-8-11(2)13(15(9-10)17-3)6-7-14(16)12-4-5-12/h8-9,12,14H,4-7,16H2,1-3H3.